The molecule has 0 unspecified atom stereocenters. The topological polar surface area (TPSA) is 49.3 Å². The van der Waals surface area contributed by atoms with Crippen LogP contribution in [0.25, 0.3) is 0 Å². The highest BCUT2D eigenvalue weighted by Crippen LogP contribution is 2.19. The van der Waals surface area contributed by atoms with Gasteiger partial charge in [0, 0.05) is 11.6 Å². The molecule has 1 aromatic carbocycles. The van der Waals surface area contributed by atoms with Gasteiger partial charge in [0.2, 0.25) is 0 Å². The van der Waals surface area contributed by atoms with Crippen molar-refractivity contribution in [3.8, 4) is 0 Å². The third kappa shape index (κ3) is 2.42. The average Bonchev–Trinajstić information content (AvgIpc) is 2.27. The van der Waals surface area contributed by atoms with Crippen molar-refractivity contribution in [3.05, 3.63) is 35.4 Å². The summed E-state index contributed by atoms with van der Waals surface area (Å²) in [4.78, 5) is 11.8. The highest BCUT2D eigenvalue weighted by Gasteiger charge is 2.28. The Labute approximate surface area is 95.5 Å². The monoisotopic (exact) mass is 219 g/mol. The van der Waals surface area contributed by atoms with Crippen LogP contribution in [0.4, 0.5) is 0 Å². The summed E-state index contributed by atoms with van der Waals surface area (Å²) < 4.78 is 0. The maximum atomic E-state index is 11.8. The Hall–Kier alpha value is -1.35. The fourth-order valence-electron chi connectivity index (χ4n) is 1.87. The van der Waals surface area contributed by atoms with E-state index >= 15 is 0 Å². The average molecular weight is 219 g/mol. The van der Waals surface area contributed by atoms with Crippen LogP contribution in [0.2, 0.25) is 0 Å². The quantitative estimate of drug-likeness (QED) is 0.809. The standard InChI is InChI=1S/C13H17NO2/c1-2-9-3-5-10(6-4-9)13(16)14-11-7-12(15)8-11/h3-6,11-12,15H,2,7-8H2,1H3,(H,14,16). The number of rotatable bonds is 3. The Kier molecular flexibility index (Phi) is 3.25. The first-order chi connectivity index (χ1) is 7.69. The minimum Gasteiger partial charge on any atom is -0.393 e. The maximum Gasteiger partial charge on any atom is 0.251 e. The molecule has 1 fully saturated rings. The predicted molar refractivity (Wildman–Crippen MR) is 62.3 cm³/mol. The van der Waals surface area contributed by atoms with Gasteiger partial charge in [0.25, 0.3) is 5.91 Å². The lowest BCUT2D eigenvalue weighted by molar-refractivity contribution is 0.0562. The molecule has 16 heavy (non-hydrogen) atoms. The van der Waals surface area contributed by atoms with E-state index in [-0.39, 0.29) is 18.1 Å². The van der Waals surface area contributed by atoms with Gasteiger partial charge in [0.15, 0.2) is 0 Å². The van der Waals surface area contributed by atoms with Crippen molar-refractivity contribution in [1.82, 2.24) is 5.32 Å². The Morgan fingerprint density at radius 3 is 2.50 bits per heavy atom. The highest BCUT2D eigenvalue weighted by atomic mass is 16.3. The van der Waals surface area contributed by atoms with E-state index in [0.29, 0.717) is 18.4 Å². The van der Waals surface area contributed by atoms with Gasteiger partial charge < -0.3 is 10.4 Å². The number of aliphatic hydroxyl groups is 1. The summed E-state index contributed by atoms with van der Waals surface area (Å²) in [6.45, 7) is 2.09. The minimum absolute atomic E-state index is 0.0421. The number of benzene rings is 1. The van der Waals surface area contributed by atoms with Crippen LogP contribution in [-0.2, 0) is 6.42 Å². The molecule has 1 amide bonds. The third-order valence-corrected chi connectivity index (χ3v) is 3.07. The molecule has 86 valence electrons. The molecule has 3 nitrogen and oxygen atoms in total. The summed E-state index contributed by atoms with van der Waals surface area (Å²) in [5, 5.41) is 12.0. The number of hydrogen-bond donors (Lipinski definition) is 2. The van der Waals surface area contributed by atoms with Crippen molar-refractivity contribution in [2.75, 3.05) is 0 Å². The molecule has 1 aromatic rings. The molecule has 0 bridgehead atoms. The van der Waals surface area contributed by atoms with Crippen LogP contribution in [0.1, 0.15) is 35.7 Å². The van der Waals surface area contributed by atoms with Crippen molar-refractivity contribution >= 4 is 5.91 Å². The third-order valence-electron chi connectivity index (χ3n) is 3.07. The summed E-state index contributed by atoms with van der Waals surface area (Å²) in [5.41, 5.74) is 1.93. The zero-order valence-electron chi connectivity index (χ0n) is 9.44. The molecule has 0 radical (unpaired) electrons. The van der Waals surface area contributed by atoms with E-state index in [0.717, 1.165) is 6.42 Å². The number of aryl methyl sites for hydroxylation is 1. The first kappa shape index (κ1) is 11.1. The van der Waals surface area contributed by atoms with E-state index in [9.17, 15) is 4.79 Å². The molecule has 2 rings (SSSR count). The number of carbonyl (C=O) groups is 1. The molecular weight excluding hydrogens is 202 g/mol. The van der Waals surface area contributed by atoms with Crippen LogP contribution in [0.3, 0.4) is 0 Å². The fourth-order valence-corrected chi connectivity index (χ4v) is 1.87. The van der Waals surface area contributed by atoms with Crippen LogP contribution in [0.15, 0.2) is 24.3 Å². The Morgan fingerprint density at radius 1 is 1.38 bits per heavy atom. The fraction of sp³-hybridized carbons (Fsp3) is 0.462. The lowest BCUT2D eigenvalue weighted by Gasteiger charge is -2.31. The van der Waals surface area contributed by atoms with Crippen molar-refractivity contribution in [3.63, 3.8) is 0 Å². The molecule has 0 saturated heterocycles. The highest BCUT2D eigenvalue weighted by molar-refractivity contribution is 5.94. The van der Waals surface area contributed by atoms with Crippen molar-refractivity contribution in [2.45, 2.75) is 38.3 Å². The number of aliphatic hydroxyl groups excluding tert-OH is 1. The number of amides is 1. The zero-order chi connectivity index (χ0) is 11.5. The van der Waals surface area contributed by atoms with Gasteiger partial charge >= 0.3 is 0 Å². The summed E-state index contributed by atoms with van der Waals surface area (Å²) >= 11 is 0. The van der Waals surface area contributed by atoms with E-state index in [1.807, 2.05) is 24.3 Å². The van der Waals surface area contributed by atoms with Gasteiger partial charge in [0.1, 0.15) is 0 Å². The SMILES string of the molecule is CCc1ccc(C(=O)NC2CC(O)C2)cc1. The van der Waals surface area contributed by atoms with Gasteiger partial charge in [-0.2, -0.15) is 0 Å². The van der Waals surface area contributed by atoms with Crippen molar-refractivity contribution in [1.29, 1.82) is 0 Å². The molecular formula is C13H17NO2. The lowest BCUT2D eigenvalue weighted by atomic mass is 9.89. The van der Waals surface area contributed by atoms with E-state index in [2.05, 4.69) is 12.2 Å². The van der Waals surface area contributed by atoms with Crippen molar-refractivity contribution < 1.29 is 9.90 Å². The molecule has 3 heteroatoms. The Bertz CT molecular complexity index is 366. The summed E-state index contributed by atoms with van der Waals surface area (Å²) in [5.74, 6) is -0.0421. The summed E-state index contributed by atoms with van der Waals surface area (Å²) in [7, 11) is 0. The Balaban J connectivity index is 1.93. The second-order valence-electron chi connectivity index (χ2n) is 4.35. The molecule has 1 saturated carbocycles. The first-order valence-corrected chi connectivity index (χ1v) is 5.77. The number of nitrogens with one attached hydrogen (secondary N) is 1. The summed E-state index contributed by atoms with van der Waals surface area (Å²) in [6, 6.07) is 7.80. The minimum atomic E-state index is -0.229. The number of carbonyl (C=O) groups excluding carboxylic acids is 1. The molecule has 0 atom stereocenters. The second-order valence-corrected chi connectivity index (χ2v) is 4.35. The normalized spacial score (nSPS) is 23.6. The molecule has 0 spiro atoms. The predicted octanol–water partition coefficient (Wildman–Crippen LogP) is 1.50. The Morgan fingerprint density at radius 2 is 2.00 bits per heavy atom. The molecule has 1 aliphatic carbocycles. The van der Waals surface area contributed by atoms with Crippen LogP contribution < -0.4 is 5.32 Å². The molecule has 1 aliphatic rings. The molecule has 2 N–H and O–H groups in total. The maximum absolute atomic E-state index is 11.8. The van der Waals surface area contributed by atoms with E-state index < -0.39 is 0 Å². The molecule has 0 heterocycles. The van der Waals surface area contributed by atoms with E-state index in [4.69, 9.17) is 5.11 Å². The van der Waals surface area contributed by atoms with Gasteiger partial charge in [-0.15, -0.1) is 0 Å². The second kappa shape index (κ2) is 4.66. The van der Waals surface area contributed by atoms with Gasteiger partial charge in [-0.25, -0.2) is 0 Å². The van der Waals surface area contributed by atoms with Gasteiger partial charge in [-0.05, 0) is 37.0 Å². The first-order valence-electron chi connectivity index (χ1n) is 5.77. The van der Waals surface area contributed by atoms with Crippen LogP contribution in [-0.4, -0.2) is 23.2 Å². The van der Waals surface area contributed by atoms with Gasteiger partial charge in [-0.3, -0.25) is 4.79 Å². The smallest absolute Gasteiger partial charge is 0.251 e. The lowest BCUT2D eigenvalue weighted by Crippen LogP contribution is -2.46. The number of hydrogen-bond acceptors (Lipinski definition) is 2. The summed E-state index contributed by atoms with van der Waals surface area (Å²) in [6.07, 6.45) is 2.11. The van der Waals surface area contributed by atoms with Gasteiger partial charge in [0.05, 0.1) is 6.10 Å². The molecule has 0 aliphatic heterocycles. The van der Waals surface area contributed by atoms with Crippen LogP contribution in [0.5, 0.6) is 0 Å². The van der Waals surface area contributed by atoms with Crippen LogP contribution in [0, 0.1) is 0 Å². The molecule has 0 aromatic heterocycles. The zero-order valence-corrected chi connectivity index (χ0v) is 9.44. The van der Waals surface area contributed by atoms with Crippen molar-refractivity contribution in [2.24, 2.45) is 0 Å². The largest absolute Gasteiger partial charge is 0.393 e. The van der Waals surface area contributed by atoms with E-state index in [1.165, 1.54) is 5.56 Å². The van der Waals surface area contributed by atoms with Gasteiger partial charge in [-0.1, -0.05) is 19.1 Å². The van der Waals surface area contributed by atoms with Crippen LogP contribution >= 0.6 is 0 Å². The van der Waals surface area contributed by atoms with E-state index in [1.54, 1.807) is 0 Å².